The lowest BCUT2D eigenvalue weighted by molar-refractivity contribution is -0.904. The normalized spacial score (nSPS) is 17.6. The van der Waals surface area contributed by atoms with Gasteiger partial charge >= 0.3 is 0 Å². The molecule has 1 aliphatic heterocycles. The molecule has 0 saturated carbocycles. The molecular formula is C10H22N2O6S. The lowest BCUT2D eigenvalue weighted by atomic mass is 10.3. The van der Waals surface area contributed by atoms with Crippen molar-refractivity contribution >= 4 is 16.1 Å². The monoisotopic (exact) mass is 298 g/mol. The lowest BCUT2D eigenvalue weighted by Crippen LogP contribution is -3.15. The maximum Gasteiger partial charge on any atom is 0.300 e. The van der Waals surface area contributed by atoms with Gasteiger partial charge in [0.15, 0.2) is 0 Å². The fourth-order valence-electron chi connectivity index (χ4n) is 1.74. The zero-order valence-electron chi connectivity index (χ0n) is 11.0. The number of rotatable bonds is 5. The van der Waals surface area contributed by atoms with Crippen LogP contribution in [0, 0.1) is 0 Å². The number of nitrogens with one attached hydrogen (secondary N) is 1. The third-order valence-electron chi connectivity index (χ3n) is 2.69. The van der Waals surface area contributed by atoms with Crippen molar-refractivity contribution in [3.63, 3.8) is 0 Å². The summed E-state index contributed by atoms with van der Waals surface area (Å²) >= 11 is 0. The minimum Gasteiger partial charge on any atom is -0.748 e. The number of carboxylic acid groups (broad SMARTS) is 1. The van der Waals surface area contributed by atoms with Crippen molar-refractivity contribution in [2.45, 2.75) is 6.92 Å². The number of aliphatic hydroxyl groups excluding tert-OH is 1. The molecule has 0 aromatic carbocycles. The third kappa shape index (κ3) is 12.1. The van der Waals surface area contributed by atoms with Crippen LogP contribution in [0.4, 0.5) is 0 Å². The van der Waals surface area contributed by atoms with Gasteiger partial charge in [-0.15, -0.1) is 0 Å². The van der Waals surface area contributed by atoms with Gasteiger partial charge in [0, 0.05) is 26.6 Å². The molecule has 0 aliphatic carbocycles. The summed E-state index contributed by atoms with van der Waals surface area (Å²) in [5.74, 6) is -1.14. The largest absolute Gasteiger partial charge is 0.748 e. The Kier molecular flexibility index (Phi) is 8.85. The Hall–Kier alpha value is -0.740. The van der Waals surface area contributed by atoms with Gasteiger partial charge < -0.3 is 19.7 Å². The van der Waals surface area contributed by atoms with Crippen LogP contribution in [-0.4, -0.2) is 85.7 Å². The van der Waals surface area contributed by atoms with Crippen LogP contribution in [0.2, 0.25) is 0 Å². The second-order valence-electron chi connectivity index (χ2n) is 4.35. The Labute approximate surface area is 113 Å². The molecule has 19 heavy (non-hydrogen) atoms. The Morgan fingerprint density at radius 2 is 1.84 bits per heavy atom. The predicted octanol–water partition coefficient (Wildman–Crippen LogP) is -3.18. The second-order valence-corrected chi connectivity index (χ2v) is 5.87. The lowest BCUT2D eigenvalue weighted by Gasteiger charge is -2.31. The highest BCUT2D eigenvalue weighted by atomic mass is 32.2. The van der Waals surface area contributed by atoms with Crippen molar-refractivity contribution in [1.29, 1.82) is 0 Å². The Morgan fingerprint density at radius 1 is 1.37 bits per heavy atom. The van der Waals surface area contributed by atoms with Gasteiger partial charge in [-0.2, -0.15) is 0 Å². The van der Waals surface area contributed by atoms with Crippen molar-refractivity contribution in [3.05, 3.63) is 0 Å². The molecule has 0 aromatic heterocycles. The molecule has 1 saturated heterocycles. The Balaban J connectivity index is 0.000000711. The van der Waals surface area contributed by atoms with Gasteiger partial charge in [-0.25, -0.2) is 8.42 Å². The van der Waals surface area contributed by atoms with Crippen LogP contribution < -0.4 is 4.90 Å². The number of aliphatic carboxylic acids is 1. The molecule has 1 rings (SSSR count). The maximum absolute atomic E-state index is 10.4. The van der Waals surface area contributed by atoms with E-state index in [4.69, 9.17) is 15.0 Å². The fourth-order valence-corrected chi connectivity index (χ4v) is 2.22. The van der Waals surface area contributed by atoms with Crippen molar-refractivity contribution in [2.24, 2.45) is 0 Å². The van der Waals surface area contributed by atoms with E-state index in [1.54, 1.807) is 0 Å². The molecule has 0 spiro atoms. The topological polar surface area (TPSA) is 122 Å². The molecule has 0 aromatic rings. The zero-order valence-corrected chi connectivity index (χ0v) is 11.9. The highest BCUT2D eigenvalue weighted by Crippen LogP contribution is 1.91. The second kappa shape index (κ2) is 9.21. The molecule has 1 heterocycles. The smallest absolute Gasteiger partial charge is 0.300 e. The SMILES string of the molecule is CC(=O)O.O=S(=O)([O-])CCN1CC[NH+](CCO)CC1. The average Bonchev–Trinajstić information content (AvgIpc) is 2.27. The number of nitrogens with zero attached hydrogens (tertiary/aromatic N) is 1. The van der Waals surface area contributed by atoms with Crippen molar-refractivity contribution < 1.29 is 32.9 Å². The first kappa shape index (κ1) is 18.3. The molecular weight excluding hydrogens is 276 g/mol. The van der Waals surface area contributed by atoms with Crippen LogP contribution in [-0.2, 0) is 14.9 Å². The highest BCUT2D eigenvalue weighted by molar-refractivity contribution is 7.85. The molecule has 1 aliphatic rings. The number of aliphatic hydroxyl groups is 1. The summed E-state index contributed by atoms with van der Waals surface area (Å²) in [7, 11) is -4.09. The summed E-state index contributed by atoms with van der Waals surface area (Å²) in [6.45, 7) is 5.74. The number of piperazine rings is 1. The van der Waals surface area contributed by atoms with E-state index in [-0.39, 0.29) is 12.4 Å². The van der Waals surface area contributed by atoms with Gasteiger partial charge in [-0.3, -0.25) is 9.69 Å². The summed E-state index contributed by atoms with van der Waals surface area (Å²) in [5.41, 5.74) is 0. The summed E-state index contributed by atoms with van der Waals surface area (Å²) in [6.07, 6.45) is 0. The van der Waals surface area contributed by atoms with E-state index in [1.807, 2.05) is 4.90 Å². The van der Waals surface area contributed by atoms with Gasteiger partial charge in [0.25, 0.3) is 5.97 Å². The van der Waals surface area contributed by atoms with Crippen LogP contribution in [0.3, 0.4) is 0 Å². The Bertz CT molecular complexity index is 347. The summed E-state index contributed by atoms with van der Waals surface area (Å²) in [5, 5.41) is 16.2. The van der Waals surface area contributed by atoms with Crippen molar-refractivity contribution in [2.75, 3.05) is 51.6 Å². The number of hydrogen-bond acceptors (Lipinski definition) is 6. The summed E-state index contributed by atoms with van der Waals surface area (Å²) in [6, 6.07) is 0. The predicted molar refractivity (Wildman–Crippen MR) is 67.0 cm³/mol. The van der Waals surface area contributed by atoms with Crippen LogP contribution in [0.25, 0.3) is 0 Å². The van der Waals surface area contributed by atoms with Gasteiger partial charge in [-0.1, -0.05) is 0 Å². The molecule has 0 unspecified atom stereocenters. The molecule has 0 radical (unpaired) electrons. The number of quaternary nitrogens is 1. The molecule has 1 fully saturated rings. The number of carboxylic acids is 1. The molecule has 3 N–H and O–H groups in total. The fraction of sp³-hybridized carbons (Fsp3) is 0.900. The number of carbonyl (C=O) groups is 1. The minimum absolute atomic E-state index is 0.185. The minimum atomic E-state index is -4.09. The highest BCUT2D eigenvalue weighted by Gasteiger charge is 2.19. The van der Waals surface area contributed by atoms with E-state index in [0.717, 1.165) is 39.6 Å². The molecule has 0 atom stereocenters. The molecule has 0 bridgehead atoms. The first-order valence-corrected chi connectivity index (χ1v) is 7.62. The van der Waals surface area contributed by atoms with E-state index >= 15 is 0 Å². The van der Waals surface area contributed by atoms with E-state index < -0.39 is 16.1 Å². The van der Waals surface area contributed by atoms with Crippen LogP contribution >= 0.6 is 0 Å². The molecule has 114 valence electrons. The molecule has 9 heteroatoms. The first-order valence-electron chi connectivity index (χ1n) is 6.04. The molecule has 8 nitrogen and oxygen atoms in total. The van der Waals surface area contributed by atoms with Crippen LogP contribution in [0.15, 0.2) is 0 Å². The van der Waals surface area contributed by atoms with Gasteiger partial charge in [0.05, 0.1) is 35.6 Å². The van der Waals surface area contributed by atoms with Crippen molar-refractivity contribution in [3.8, 4) is 0 Å². The summed E-state index contributed by atoms with van der Waals surface area (Å²) in [4.78, 5) is 12.3. The van der Waals surface area contributed by atoms with E-state index in [0.29, 0.717) is 6.54 Å². The quantitative estimate of drug-likeness (QED) is 0.457. The van der Waals surface area contributed by atoms with Gasteiger partial charge in [0.1, 0.15) is 6.54 Å². The van der Waals surface area contributed by atoms with Crippen LogP contribution in [0.1, 0.15) is 6.92 Å². The standard InChI is InChI=1S/C8H18N2O4S.C2H4O2/c11-7-5-9-1-3-10(4-2-9)6-8-15(12,13)14;1-2(3)4/h11H,1-8H2,(H,12,13,14);1H3,(H,3,4). The maximum atomic E-state index is 10.4. The van der Waals surface area contributed by atoms with E-state index in [1.165, 1.54) is 4.90 Å². The van der Waals surface area contributed by atoms with Crippen LogP contribution in [0.5, 0.6) is 0 Å². The third-order valence-corrected chi connectivity index (χ3v) is 3.37. The average molecular weight is 298 g/mol. The zero-order chi connectivity index (χ0) is 14.9. The van der Waals surface area contributed by atoms with E-state index in [2.05, 4.69) is 0 Å². The first-order chi connectivity index (χ1) is 8.74. The van der Waals surface area contributed by atoms with Gasteiger partial charge in [-0.05, 0) is 0 Å². The molecule has 0 amide bonds. The number of hydrogen-bond donors (Lipinski definition) is 3. The van der Waals surface area contributed by atoms with E-state index in [9.17, 15) is 13.0 Å². The van der Waals surface area contributed by atoms with Gasteiger partial charge in [0.2, 0.25) is 0 Å². The Morgan fingerprint density at radius 3 is 2.21 bits per heavy atom. The summed E-state index contributed by atoms with van der Waals surface area (Å²) < 4.78 is 31.3. The van der Waals surface area contributed by atoms with Crippen molar-refractivity contribution in [1.82, 2.24) is 4.90 Å².